The summed E-state index contributed by atoms with van der Waals surface area (Å²) in [5.41, 5.74) is 0.203. The summed E-state index contributed by atoms with van der Waals surface area (Å²) in [4.78, 5) is 31.5. The van der Waals surface area contributed by atoms with E-state index in [1.165, 1.54) is 25.7 Å². The lowest BCUT2D eigenvalue weighted by molar-refractivity contribution is -0.452. The van der Waals surface area contributed by atoms with Crippen LogP contribution in [0.3, 0.4) is 0 Å². The second-order valence-corrected chi connectivity index (χ2v) is 5.84. The molecule has 0 bridgehead atoms. The van der Waals surface area contributed by atoms with E-state index in [1.54, 1.807) is 12.1 Å². The number of carbonyl (C=O) groups excluding carboxylic acids is 2. The number of hydrogen-bond donors (Lipinski definition) is 0. The van der Waals surface area contributed by atoms with Gasteiger partial charge in [-0.15, -0.1) is 0 Å². The minimum absolute atomic E-state index is 0.0127. The zero-order valence-corrected chi connectivity index (χ0v) is 16.1. The van der Waals surface area contributed by atoms with Crippen molar-refractivity contribution in [1.29, 1.82) is 0 Å². The third kappa shape index (κ3) is 9.81. The van der Waals surface area contributed by atoms with Crippen LogP contribution in [0.2, 0.25) is 0 Å². The van der Waals surface area contributed by atoms with Crippen LogP contribution in [-0.4, -0.2) is 39.1 Å². The average Bonchev–Trinajstić information content (AvgIpc) is 2.70. The molecular weight excluding hydrogens is 356 g/mol. The lowest BCUT2D eigenvalue weighted by Crippen LogP contribution is -2.16. The molecule has 0 saturated heterocycles. The van der Waals surface area contributed by atoms with Gasteiger partial charge in [0.15, 0.2) is 0 Å². The van der Waals surface area contributed by atoms with Crippen LogP contribution in [-0.2, 0) is 24.3 Å². The van der Waals surface area contributed by atoms with Crippen molar-refractivity contribution in [3.8, 4) is 5.75 Å². The van der Waals surface area contributed by atoms with E-state index in [9.17, 15) is 9.59 Å². The van der Waals surface area contributed by atoms with E-state index < -0.39 is 12.1 Å². The van der Waals surface area contributed by atoms with Crippen molar-refractivity contribution in [3.05, 3.63) is 29.8 Å². The number of hydrogen-bond acceptors (Lipinski definition) is 8. The van der Waals surface area contributed by atoms with Gasteiger partial charge in [0.1, 0.15) is 12.4 Å². The Morgan fingerprint density at radius 2 is 1.78 bits per heavy atom. The molecule has 1 atom stereocenters. The van der Waals surface area contributed by atoms with E-state index in [4.69, 9.17) is 14.2 Å². The molecule has 27 heavy (non-hydrogen) atoms. The highest BCUT2D eigenvalue weighted by Gasteiger charge is 2.12. The number of carbonyl (C=O) groups is 2. The lowest BCUT2D eigenvalue weighted by Gasteiger charge is -2.14. The summed E-state index contributed by atoms with van der Waals surface area (Å²) in [6, 6.07) is 6.11. The molecule has 0 saturated carbocycles. The molecule has 0 spiro atoms. The van der Waals surface area contributed by atoms with Gasteiger partial charge in [0.25, 0.3) is 0 Å². The van der Waals surface area contributed by atoms with E-state index in [1.807, 2.05) is 0 Å². The van der Waals surface area contributed by atoms with Gasteiger partial charge in [0.05, 0.1) is 24.3 Å². The number of benzene rings is 1. The molecule has 0 aliphatic carbocycles. The SMILES string of the molecule is CCCCC(CC)COCCOC(=O)OOOC(=O)c1ccc(OC)cc1. The zero-order chi connectivity index (χ0) is 19.9. The molecule has 8 nitrogen and oxygen atoms in total. The molecule has 1 aromatic carbocycles. The van der Waals surface area contributed by atoms with Gasteiger partial charge in [-0.25, -0.2) is 14.5 Å². The van der Waals surface area contributed by atoms with Crippen molar-refractivity contribution < 1.29 is 38.6 Å². The van der Waals surface area contributed by atoms with Gasteiger partial charge in [-0.3, -0.25) is 4.89 Å². The van der Waals surface area contributed by atoms with Crippen molar-refractivity contribution >= 4 is 12.1 Å². The number of ether oxygens (including phenoxy) is 3. The van der Waals surface area contributed by atoms with Gasteiger partial charge >= 0.3 is 12.1 Å². The molecule has 0 N–H and O–H groups in total. The summed E-state index contributed by atoms with van der Waals surface area (Å²) in [6.07, 6.45) is 3.39. The normalized spacial score (nSPS) is 11.5. The second kappa shape index (κ2) is 13.8. The van der Waals surface area contributed by atoms with Gasteiger partial charge < -0.3 is 14.2 Å². The average molecular weight is 384 g/mol. The Hall–Kier alpha value is -2.32. The van der Waals surface area contributed by atoms with Crippen LogP contribution >= 0.6 is 0 Å². The van der Waals surface area contributed by atoms with E-state index in [-0.39, 0.29) is 18.8 Å². The molecule has 1 aromatic rings. The highest BCUT2D eigenvalue weighted by molar-refractivity contribution is 5.89. The van der Waals surface area contributed by atoms with E-state index in [2.05, 4.69) is 28.7 Å². The topological polar surface area (TPSA) is 89.5 Å². The minimum Gasteiger partial charge on any atom is -0.497 e. The fraction of sp³-hybridized carbons (Fsp3) is 0.579. The molecule has 0 heterocycles. The van der Waals surface area contributed by atoms with Crippen molar-refractivity contribution in [2.75, 3.05) is 26.9 Å². The first-order valence-corrected chi connectivity index (χ1v) is 9.04. The van der Waals surface area contributed by atoms with Crippen LogP contribution in [0, 0.1) is 5.92 Å². The fourth-order valence-electron chi connectivity index (χ4n) is 2.21. The smallest absolute Gasteiger partial charge is 0.497 e. The first-order valence-electron chi connectivity index (χ1n) is 9.04. The van der Waals surface area contributed by atoms with Gasteiger partial charge in [-0.05, 0) is 36.6 Å². The maximum absolute atomic E-state index is 11.7. The molecule has 0 aliphatic heterocycles. The zero-order valence-electron chi connectivity index (χ0n) is 16.1. The molecule has 8 heteroatoms. The predicted molar refractivity (Wildman–Crippen MR) is 96.1 cm³/mol. The van der Waals surface area contributed by atoms with Gasteiger partial charge in [0, 0.05) is 6.61 Å². The summed E-state index contributed by atoms with van der Waals surface area (Å²) in [5, 5.41) is 4.13. The molecule has 0 radical (unpaired) electrons. The molecule has 0 aliphatic rings. The minimum atomic E-state index is -1.13. The van der Waals surface area contributed by atoms with Crippen LogP contribution in [0.15, 0.2) is 24.3 Å². The first kappa shape index (κ1) is 22.7. The van der Waals surface area contributed by atoms with Crippen molar-refractivity contribution in [2.45, 2.75) is 39.5 Å². The molecule has 152 valence electrons. The number of unbranched alkanes of at least 4 members (excludes halogenated alkanes) is 1. The summed E-state index contributed by atoms with van der Waals surface area (Å²) in [6.45, 7) is 5.18. The Morgan fingerprint density at radius 3 is 2.41 bits per heavy atom. The Bertz CT molecular complexity index is 543. The summed E-state index contributed by atoms with van der Waals surface area (Å²) in [7, 11) is 1.51. The van der Waals surface area contributed by atoms with Crippen LogP contribution in [0.4, 0.5) is 4.79 Å². The highest BCUT2D eigenvalue weighted by atomic mass is 17.5. The molecule has 1 rings (SSSR count). The van der Waals surface area contributed by atoms with Crippen molar-refractivity contribution in [1.82, 2.24) is 0 Å². The van der Waals surface area contributed by atoms with Gasteiger partial charge in [-0.1, -0.05) is 33.1 Å². The summed E-state index contributed by atoms with van der Waals surface area (Å²) < 4.78 is 15.2. The second-order valence-electron chi connectivity index (χ2n) is 5.84. The highest BCUT2D eigenvalue weighted by Crippen LogP contribution is 2.13. The van der Waals surface area contributed by atoms with Crippen molar-refractivity contribution in [3.63, 3.8) is 0 Å². The molecule has 0 aromatic heterocycles. The monoisotopic (exact) mass is 384 g/mol. The van der Waals surface area contributed by atoms with Crippen LogP contribution in [0.25, 0.3) is 0 Å². The Morgan fingerprint density at radius 1 is 1.04 bits per heavy atom. The van der Waals surface area contributed by atoms with Crippen LogP contribution in [0.5, 0.6) is 5.75 Å². The standard InChI is InChI=1S/C19H28O8/c1-4-6-7-15(5-2)14-23-12-13-24-19(21)26-27-25-18(20)16-8-10-17(22-3)11-9-16/h8-11,15H,4-7,12-14H2,1-3H3. The first-order chi connectivity index (χ1) is 13.1. The Balaban J connectivity index is 2.10. The molecule has 0 fully saturated rings. The largest absolute Gasteiger partial charge is 0.543 e. The van der Waals surface area contributed by atoms with Gasteiger partial charge in [0.2, 0.25) is 0 Å². The Labute approximate surface area is 159 Å². The fourth-order valence-corrected chi connectivity index (χ4v) is 2.21. The predicted octanol–water partition coefficient (Wildman–Crippen LogP) is 4.08. The van der Waals surface area contributed by atoms with E-state index in [0.717, 1.165) is 19.3 Å². The number of methoxy groups -OCH3 is 1. The van der Waals surface area contributed by atoms with E-state index >= 15 is 0 Å². The third-order valence-electron chi connectivity index (χ3n) is 3.88. The van der Waals surface area contributed by atoms with E-state index in [0.29, 0.717) is 18.3 Å². The maximum atomic E-state index is 11.7. The number of rotatable bonds is 13. The Kier molecular flexibility index (Phi) is 11.6. The molecule has 1 unspecified atom stereocenters. The molecular formula is C19H28O8. The van der Waals surface area contributed by atoms with Crippen molar-refractivity contribution in [2.24, 2.45) is 5.92 Å². The van der Waals surface area contributed by atoms with Crippen LogP contribution < -0.4 is 4.74 Å². The lowest BCUT2D eigenvalue weighted by atomic mass is 10.0. The third-order valence-corrected chi connectivity index (χ3v) is 3.88. The van der Waals surface area contributed by atoms with Crippen LogP contribution in [0.1, 0.15) is 49.9 Å². The summed E-state index contributed by atoms with van der Waals surface area (Å²) >= 11 is 0. The summed E-state index contributed by atoms with van der Waals surface area (Å²) in [5.74, 6) is 0.272. The maximum Gasteiger partial charge on any atom is 0.543 e. The molecule has 0 amide bonds. The van der Waals surface area contributed by atoms with Gasteiger partial charge in [-0.2, -0.15) is 0 Å². The quantitative estimate of drug-likeness (QED) is 0.217.